The fourth-order valence-corrected chi connectivity index (χ4v) is 6.80. The van der Waals surface area contributed by atoms with Crippen LogP contribution in [0.3, 0.4) is 0 Å². The van der Waals surface area contributed by atoms with E-state index in [2.05, 4.69) is 0 Å². The smallest absolute Gasteiger partial charge is 0.331 e. The molecule has 6 rings (SSSR count). The first kappa shape index (κ1) is 34.2. The second kappa shape index (κ2) is 13.7. The molecule has 16 nitrogen and oxygen atoms in total. The Morgan fingerprint density at radius 1 is 0.894 bits per heavy atom. The Labute approximate surface area is 269 Å². The van der Waals surface area contributed by atoms with Gasteiger partial charge in [0.2, 0.25) is 6.29 Å². The molecule has 1 aliphatic carbocycles. The molecule has 4 fully saturated rings. The average molecular weight is 669 g/mol. The number of carbonyl (C=O) groups excluding carboxylic acids is 1. The van der Waals surface area contributed by atoms with E-state index in [0.29, 0.717) is 11.3 Å². The molecule has 7 N–H and O–H groups in total. The van der Waals surface area contributed by atoms with E-state index in [1.165, 1.54) is 18.4 Å². The molecule has 47 heavy (non-hydrogen) atoms. The summed E-state index contributed by atoms with van der Waals surface area (Å²) in [5, 5.41) is 72.6. The van der Waals surface area contributed by atoms with Gasteiger partial charge in [-0.05, 0) is 36.8 Å². The summed E-state index contributed by atoms with van der Waals surface area (Å²) in [7, 11) is 1.54. The summed E-state index contributed by atoms with van der Waals surface area (Å²) in [5.41, 5.74) is -0.499. The van der Waals surface area contributed by atoms with Crippen LogP contribution in [0.2, 0.25) is 0 Å². The molecule has 0 radical (unpaired) electrons. The van der Waals surface area contributed by atoms with Crippen molar-refractivity contribution in [2.75, 3.05) is 20.3 Å². The largest absolute Gasteiger partial charge is 0.497 e. The number of aliphatic hydroxyl groups is 7. The second-order valence-electron chi connectivity index (χ2n) is 12.2. The topological polar surface area (TPSA) is 236 Å². The second-order valence-corrected chi connectivity index (χ2v) is 12.2. The molecule has 1 aromatic carbocycles. The Morgan fingerprint density at radius 2 is 1.60 bits per heavy atom. The highest BCUT2D eigenvalue weighted by Crippen LogP contribution is 2.61. The molecule has 0 bridgehead atoms. The first-order chi connectivity index (χ1) is 22.5. The van der Waals surface area contributed by atoms with E-state index in [-0.39, 0.29) is 0 Å². The molecular weight excluding hydrogens is 628 g/mol. The Kier molecular flexibility index (Phi) is 9.93. The lowest BCUT2D eigenvalue weighted by atomic mass is 9.85. The highest BCUT2D eigenvalue weighted by atomic mass is 16.8. The van der Waals surface area contributed by atoms with Crippen LogP contribution in [0.5, 0.6) is 5.75 Å². The Bertz CT molecular complexity index is 1300. The Hall–Kier alpha value is -2.71. The van der Waals surface area contributed by atoms with E-state index in [1.807, 2.05) is 0 Å². The van der Waals surface area contributed by atoms with Gasteiger partial charge in [-0.25, -0.2) is 4.79 Å². The quantitative estimate of drug-likeness (QED) is 0.0777. The van der Waals surface area contributed by atoms with Gasteiger partial charge in [0.15, 0.2) is 18.7 Å². The van der Waals surface area contributed by atoms with E-state index >= 15 is 0 Å². The van der Waals surface area contributed by atoms with Gasteiger partial charge in [-0.1, -0.05) is 12.1 Å². The molecule has 0 spiro atoms. The Balaban J connectivity index is 1.10. The number of methoxy groups -OCH3 is 1. The van der Waals surface area contributed by atoms with Gasteiger partial charge in [0.1, 0.15) is 54.1 Å². The molecule has 5 aliphatic rings. The zero-order chi connectivity index (χ0) is 33.6. The molecule has 3 saturated heterocycles. The fourth-order valence-electron chi connectivity index (χ4n) is 6.80. The van der Waals surface area contributed by atoms with Gasteiger partial charge >= 0.3 is 5.97 Å². The standard InChI is InChI=1S/C31H40O16/c1-13-25(44-18(34)8-5-14-3-6-15(40-2)7-4-14)22(37)24(39)29(42-13)45-26-16-9-10-41-28(19(16)31(12-33)27(26)47-31)46-30-23(38)21(36)20(35)17(11-32)43-30/h3-10,13,16-17,19-30,32-33,35-39H,11-12H2,1-2H3. The van der Waals surface area contributed by atoms with Crippen molar-refractivity contribution in [3.63, 3.8) is 0 Å². The zero-order valence-electron chi connectivity index (χ0n) is 25.5. The van der Waals surface area contributed by atoms with Crippen molar-refractivity contribution >= 4 is 12.0 Å². The average Bonchev–Trinajstić information content (AvgIpc) is 3.75. The summed E-state index contributed by atoms with van der Waals surface area (Å²) in [6.07, 6.45) is -11.4. The third-order valence-electron chi connectivity index (χ3n) is 9.45. The summed E-state index contributed by atoms with van der Waals surface area (Å²) in [6, 6.07) is 6.95. The van der Waals surface area contributed by atoms with Gasteiger partial charge in [-0.3, -0.25) is 0 Å². The summed E-state index contributed by atoms with van der Waals surface area (Å²) < 4.78 is 45.5. The van der Waals surface area contributed by atoms with Crippen molar-refractivity contribution in [2.45, 2.75) is 92.4 Å². The molecule has 0 aromatic heterocycles. The lowest BCUT2D eigenvalue weighted by molar-refractivity contribution is -0.347. The van der Waals surface area contributed by atoms with E-state index in [0.717, 1.165) is 0 Å². The van der Waals surface area contributed by atoms with Gasteiger partial charge in [0.25, 0.3) is 0 Å². The van der Waals surface area contributed by atoms with E-state index < -0.39 is 117 Å². The minimum absolute atomic E-state index is 0.473. The van der Waals surface area contributed by atoms with Crippen molar-refractivity contribution in [1.29, 1.82) is 0 Å². The maximum absolute atomic E-state index is 12.6. The predicted octanol–water partition coefficient (Wildman–Crippen LogP) is -2.47. The van der Waals surface area contributed by atoms with Crippen molar-refractivity contribution < 1.29 is 78.4 Å². The molecule has 16 unspecified atom stereocenters. The zero-order valence-corrected chi connectivity index (χ0v) is 25.5. The molecule has 1 aromatic rings. The van der Waals surface area contributed by atoms with Crippen molar-refractivity contribution in [1.82, 2.24) is 0 Å². The Morgan fingerprint density at radius 3 is 2.28 bits per heavy atom. The number of carbonyl (C=O) groups is 1. The van der Waals surface area contributed by atoms with Gasteiger partial charge in [0, 0.05) is 12.0 Å². The number of aliphatic hydroxyl groups excluding tert-OH is 7. The van der Waals surface area contributed by atoms with Crippen molar-refractivity contribution in [3.05, 3.63) is 48.2 Å². The number of hydrogen-bond acceptors (Lipinski definition) is 16. The number of ether oxygens (including phenoxy) is 8. The lowest BCUT2D eigenvalue weighted by Crippen LogP contribution is -2.60. The third kappa shape index (κ3) is 6.29. The maximum Gasteiger partial charge on any atom is 0.331 e. The SMILES string of the molecule is COc1ccc(C=CC(=O)OC2C(C)OC(OC3C4C=COC(OC5OC(CO)C(O)C(O)C5O)C4C4(CO)OC34)C(O)C2O)cc1. The van der Waals surface area contributed by atoms with Crippen LogP contribution < -0.4 is 4.74 Å². The van der Waals surface area contributed by atoms with E-state index in [1.54, 1.807) is 44.4 Å². The van der Waals surface area contributed by atoms with Crippen LogP contribution in [0.1, 0.15) is 12.5 Å². The normalized spacial score (nSPS) is 45.6. The number of esters is 1. The summed E-state index contributed by atoms with van der Waals surface area (Å²) in [4.78, 5) is 12.6. The van der Waals surface area contributed by atoms with Crippen LogP contribution in [0.15, 0.2) is 42.7 Å². The number of rotatable bonds is 10. The van der Waals surface area contributed by atoms with Crippen molar-refractivity contribution in [3.8, 4) is 5.75 Å². The van der Waals surface area contributed by atoms with Gasteiger partial charge in [0.05, 0.1) is 44.7 Å². The molecule has 1 saturated carbocycles. The number of benzene rings is 1. The predicted molar refractivity (Wildman–Crippen MR) is 154 cm³/mol. The fraction of sp³-hybridized carbons (Fsp3) is 0.645. The van der Waals surface area contributed by atoms with E-state index in [9.17, 15) is 40.5 Å². The lowest BCUT2D eigenvalue weighted by Gasteiger charge is -2.44. The third-order valence-corrected chi connectivity index (χ3v) is 9.45. The molecular formula is C31H40O16. The monoisotopic (exact) mass is 668 g/mol. The molecule has 260 valence electrons. The highest BCUT2D eigenvalue weighted by Gasteiger charge is 2.77. The van der Waals surface area contributed by atoms with Crippen LogP contribution in [0.4, 0.5) is 0 Å². The summed E-state index contributed by atoms with van der Waals surface area (Å²) >= 11 is 0. The van der Waals surface area contributed by atoms with E-state index in [4.69, 9.17) is 37.9 Å². The number of hydrogen-bond donors (Lipinski definition) is 7. The van der Waals surface area contributed by atoms with Crippen molar-refractivity contribution in [2.24, 2.45) is 11.8 Å². The minimum Gasteiger partial charge on any atom is -0.497 e. The number of fused-ring (bicyclic) bond motifs is 3. The molecule has 4 heterocycles. The van der Waals surface area contributed by atoms with Gasteiger partial charge < -0.3 is 73.6 Å². The van der Waals surface area contributed by atoms with Crippen LogP contribution >= 0.6 is 0 Å². The highest BCUT2D eigenvalue weighted by molar-refractivity contribution is 5.87. The van der Waals surface area contributed by atoms with Gasteiger partial charge in [-0.15, -0.1) is 0 Å². The maximum atomic E-state index is 12.6. The molecule has 16 atom stereocenters. The van der Waals surface area contributed by atoms with Gasteiger partial charge in [-0.2, -0.15) is 0 Å². The van der Waals surface area contributed by atoms with Crippen LogP contribution in [-0.2, 0) is 38.0 Å². The van der Waals surface area contributed by atoms with Crippen LogP contribution in [-0.4, -0.2) is 148 Å². The minimum atomic E-state index is -1.69. The molecule has 4 aliphatic heterocycles. The molecule has 16 heteroatoms. The summed E-state index contributed by atoms with van der Waals surface area (Å²) in [6.45, 7) is 0.427. The molecule has 0 amide bonds. The van der Waals surface area contributed by atoms with Crippen LogP contribution in [0, 0.1) is 11.8 Å². The first-order valence-electron chi connectivity index (χ1n) is 15.3. The van der Waals surface area contributed by atoms with Crippen LogP contribution in [0.25, 0.3) is 6.08 Å². The first-order valence-corrected chi connectivity index (χ1v) is 15.3. The number of epoxide rings is 1. The summed E-state index contributed by atoms with van der Waals surface area (Å²) in [5.74, 6) is -1.40.